The first-order valence-corrected chi connectivity index (χ1v) is 5.94. The van der Waals surface area contributed by atoms with Gasteiger partial charge < -0.3 is 0 Å². The van der Waals surface area contributed by atoms with Gasteiger partial charge in [0.25, 0.3) is 0 Å². The highest BCUT2D eigenvalue weighted by atomic mass is 16.1. The van der Waals surface area contributed by atoms with Crippen molar-refractivity contribution in [2.24, 2.45) is 23.2 Å². The standard InChI is InChI=1S/C13H24O/c1-6-11(14)12-9(2)7-8-10(3)13(12,4)5/h9-10,12H,6-8H2,1-5H3/t9-,10+,12?/m0/s1. The summed E-state index contributed by atoms with van der Waals surface area (Å²) in [5.41, 5.74) is 0.199. The van der Waals surface area contributed by atoms with Crippen molar-refractivity contribution >= 4 is 5.78 Å². The minimum absolute atomic E-state index is 0.199. The van der Waals surface area contributed by atoms with E-state index in [0.29, 0.717) is 24.0 Å². The molecule has 0 aliphatic heterocycles. The second-order valence-corrected chi connectivity index (χ2v) is 5.57. The van der Waals surface area contributed by atoms with Crippen LogP contribution in [0, 0.1) is 23.2 Å². The number of ketones is 1. The molecular weight excluding hydrogens is 172 g/mol. The summed E-state index contributed by atoms with van der Waals surface area (Å²) in [7, 11) is 0. The lowest BCUT2D eigenvalue weighted by molar-refractivity contribution is -0.132. The van der Waals surface area contributed by atoms with Gasteiger partial charge in [-0.3, -0.25) is 4.79 Å². The normalized spacial score (nSPS) is 36.8. The van der Waals surface area contributed by atoms with E-state index in [1.165, 1.54) is 12.8 Å². The lowest BCUT2D eigenvalue weighted by atomic mass is 9.57. The molecule has 1 fully saturated rings. The van der Waals surface area contributed by atoms with E-state index in [4.69, 9.17) is 0 Å². The Kier molecular flexibility index (Phi) is 3.39. The van der Waals surface area contributed by atoms with E-state index in [1.807, 2.05) is 6.92 Å². The Morgan fingerprint density at radius 1 is 1.29 bits per heavy atom. The summed E-state index contributed by atoms with van der Waals surface area (Å²) in [5.74, 6) is 2.01. The minimum atomic E-state index is 0.199. The maximum atomic E-state index is 11.9. The van der Waals surface area contributed by atoms with Crippen LogP contribution in [-0.4, -0.2) is 5.78 Å². The molecular formula is C13H24O. The summed E-state index contributed by atoms with van der Waals surface area (Å²) >= 11 is 0. The van der Waals surface area contributed by atoms with Crippen molar-refractivity contribution in [3.8, 4) is 0 Å². The molecule has 0 aromatic carbocycles. The molecule has 0 amide bonds. The SMILES string of the molecule is CCC(=O)C1[C@@H](C)CC[C@@H](C)C1(C)C. The Hall–Kier alpha value is -0.330. The monoisotopic (exact) mass is 196 g/mol. The molecule has 14 heavy (non-hydrogen) atoms. The first-order chi connectivity index (χ1) is 6.41. The molecule has 0 saturated heterocycles. The highest BCUT2D eigenvalue weighted by Crippen LogP contribution is 2.48. The van der Waals surface area contributed by atoms with Crippen molar-refractivity contribution < 1.29 is 4.79 Å². The Morgan fingerprint density at radius 3 is 2.36 bits per heavy atom. The zero-order valence-corrected chi connectivity index (χ0v) is 10.3. The molecule has 1 saturated carbocycles. The Bertz CT molecular complexity index is 217. The zero-order valence-electron chi connectivity index (χ0n) is 10.3. The summed E-state index contributed by atoms with van der Waals surface area (Å²) in [4.78, 5) is 11.9. The Balaban J connectivity index is 2.91. The van der Waals surface area contributed by atoms with Crippen molar-refractivity contribution in [3.63, 3.8) is 0 Å². The second-order valence-electron chi connectivity index (χ2n) is 5.57. The Morgan fingerprint density at radius 2 is 1.86 bits per heavy atom. The third-order valence-electron chi connectivity index (χ3n) is 4.39. The Labute approximate surface area is 88.3 Å². The predicted octanol–water partition coefficient (Wildman–Crippen LogP) is 3.67. The average molecular weight is 196 g/mol. The van der Waals surface area contributed by atoms with E-state index in [2.05, 4.69) is 27.7 Å². The molecule has 1 aliphatic carbocycles. The topological polar surface area (TPSA) is 17.1 Å². The van der Waals surface area contributed by atoms with Crippen LogP contribution in [0.5, 0.6) is 0 Å². The van der Waals surface area contributed by atoms with E-state index < -0.39 is 0 Å². The molecule has 0 radical (unpaired) electrons. The highest BCUT2D eigenvalue weighted by molar-refractivity contribution is 5.81. The largest absolute Gasteiger partial charge is 0.299 e. The number of carbonyl (C=O) groups is 1. The average Bonchev–Trinajstić information content (AvgIpc) is 2.11. The van der Waals surface area contributed by atoms with Crippen molar-refractivity contribution in [1.82, 2.24) is 0 Å². The molecule has 0 bridgehead atoms. The first-order valence-electron chi connectivity index (χ1n) is 5.94. The van der Waals surface area contributed by atoms with Gasteiger partial charge in [0.15, 0.2) is 0 Å². The van der Waals surface area contributed by atoms with Gasteiger partial charge in [-0.25, -0.2) is 0 Å². The van der Waals surface area contributed by atoms with Crippen LogP contribution in [0.2, 0.25) is 0 Å². The van der Waals surface area contributed by atoms with Gasteiger partial charge in [0.05, 0.1) is 0 Å². The fourth-order valence-corrected chi connectivity index (χ4v) is 3.04. The van der Waals surface area contributed by atoms with Crippen LogP contribution in [0.3, 0.4) is 0 Å². The molecule has 0 aromatic rings. The molecule has 1 nitrogen and oxygen atoms in total. The third kappa shape index (κ3) is 1.87. The van der Waals surface area contributed by atoms with Crippen LogP contribution >= 0.6 is 0 Å². The van der Waals surface area contributed by atoms with Crippen LogP contribution in [0.1, 0.15) is 53.9 Å². The maximum absolute atomic E-state index is 11.9. The lowest BCUT2D eigenvalue weighted by Gasteiger charge is -2.46. The van der Waals surface area contributed by atoms with Crippen molar-refractivity contribution in [2.75, 3.05) is 0 Å². The van der Waals surface area contributed by atoms with Gasteiger partial charge in [0, 0.05) is 12.3 Å². The maximum Gasteiger partial charge on any atom is 0.136 e. The fraction of sp³-hybridized carbons (Fsp3) is 0.923. The van der Waals surface area contributed by atoms with Crippen molar-refractivity contribution in [2.45, 2.75) is 53.9 Å². The second kappa shape index (κ2) is 4.04. The summed E-state index contributed by atoms with van der Waals surface area (Å²) in [6.45, 7) is 11.1. The van der Waals surface area contributed by atoms with Gasteiger partial charge in [-0.1, -0.05) is 34.6 Å². The van der Waals surface area contributed by atoms with E-state index in [-0.39, 0.29) is 11.3 Å². The summed E-state index contributed by atoms with van der Waals surface area (Å²) in [6.07, 6.45) is 3.20. The molecule has 1 unspecified atom stereocenters. The van der Waals surface area contributed by atoms with Gasteiger partial charge in [0.2, 0.25) is 0 Å². The van der Waals surface area contributed by atoms with Crippen LogP contribution in [0.4, 0.5) is 0 Å². The van der Waals surface area contributed by atoms with E-state index in [0.717, 1.165) is 0 Å². The highest BCUT2D eigenvalue weighted by Gasteiger charge is 2.44. The fourth-order valence-electron chi connectivity index (χ4n) is 3.04. The molecule has 0 spiro atoms. The van der Waals surface area contributed by atoms with Crippen LogP contribution in [-0.2, 0) is 4.79 Å². The van der Waals surface area contributed by atoms with Crippen LogP contribution in [0.15, 0.2) is 0 Å². The van der Waals surface area contributed by atoms with Crippen LogP contribution < -0.4 is 0 Å². The molecule has 0 N–H and O–H groups in total. The van der Waals surface area contributed by atoms with Gasteiger partial charge in [-0.05, 0) is 30.1 Å². The minimum Gasteiger partial charge on any atom is -0.299 e. The van der Waals surface area contributed by atoms with Gasteiger partial charge in [-0.2, -0.15) is 0 Å². The van der Waals surface area contributed by atoms with Crippen LogP contribution in [0.25, 0.3) is 0 Å². The quantitative estimate of drug-likeness (QED) is 0.658. The summed E-state index contributed by atoms with van der Waals surface area (Å²) in [5, 5.41) is 0. The van der Waals surface area contributed by atoms with Gasteiger partial charge in [-0.15, -0.1) is 0 Å². The van der Waals surface area contributed by atoms with E-state index >= 15 is 0 Å². The molecule has 1 aliphatic rings. The molecule has 82 valence electrons. The first kappa shape index (κ1) is 11.7. The summed E-state index contributed by atoms with van der Waals surface area (Å²) < 4.78 is 0. The van der Waals surface area contributed by atoms with Gasteiger partial charge >= 0.3 is 0 Å². The predicted molar refractivity (Wildman–Crippen MR) is 60.1 cm³/mol. The number of hydrogen-bond acceptors (Lipinski definition) is 1. The molecule has 0 aromatic heterocycles. The number of carbonyl (C=O) groups excluding carboxylic acids is 1. The van der Waals surface area contributed by atoms with Crippen molar-refractivity contribution in [1.29, 1.82) is 0 Å². The third-order valence-corrected chi connectivity index (χ3v) is 4.39. The zero-order chi connectivity index (χ0) is 10.9. The number of hydrogen-bond donors (Lipinski definition) is 0. The number of Topliss-reactive ketones (excluding diaryl/α,β-unsaturated/α-hetero) is 1. The lowest BCUT2D eigenvalue weighted by Crippen LogP contribution is -2.43. The van der Waals surface area contributed by atoms with E-state index in [9.17, 15) is 4.79 Å². The number of rotatable bonds is 2. The molecule has 1 heteroatoms. The molecule has 0 heterocycles. The van der Waals surface area contributed by atoms with E-state index in [1.54, 1.807) is 0 Å². The van der Waals surface area contributed by atoms with Crippen molar-refractivity contribution in [3.05, 3.63) is 0 Å². The summed E-state index contributed by atoms with van der Waals surface area (Å²) in [6, 6.07) is 0. The molecule has 1 rings (SSSR count). The van der Waals surface area contributed by atoms with Gasteiger partial charge in [0.1, 0.15) is 5.78 Å². The molecule has 3 atom stereocenters. The smallest absolute Gasteiger partial charge is 0.136 e.